The number of guanidine groups is 1. The smallest absolute Gasteiger partial charge is 0.251 e. The Morgan fingerprint density at radius 2 is 1.96 bits per heavy atom. The van der Waals surface area contributed by atoms with Gasteiger partial charge < -0.3 is 16.0 Å². The van der Waals surface area contributed by atoms with Gasteiger partial charge in [0.25, 0.3) is 5.91 Å². The zero-order valence-electron chi connectivity index (χ0n) is 13.9. The van der Waals surface area contributed by atoms with E-state index >= 15 is 0 Å². The van der Waals surface area contributed by atoms with Crippen molar-refractivity contribution >= 4 is 35.1 Å². The molecule has 0 fully saturated rings. The number of amides is 1. The van der Waals surface area contributed by atoms with Crippen molar-refractivity contribution in [3.05, 3.63) is 46.0 Å². The van der Waals surface area contributed by atoms with Crippen LogP contribution >= 0.6 is 23.2 Å². The number of carbonyl (C=O) groups is 1. The first-order valence-electron chi connectivity index (χ1n) is 7.52. The van der Waals surface area contributed by atoms with Gasteiger partial charge in [-0.15, -0.1) is 0 Å². The minimum Gasteiger partial charge on any atom is -0.355 e. The number of aryl methyl sites for hydroxylation is 1. The molecule has 1 aromatic heterocycles. The van der Waals surface area contributed by atoms with Gasteiger partial charge in [0, 0.05) is 32.7 Å². The van der Waals surface area contributed by atoms with Crippen LogP contribution in [-0.2, 0) is 13.6 Å². The molecule has 2 aromatic rings. The summed E-state index contributed by atoms with van der Waals surface area (Å²) in [5, 5.41) is 13.8. The number of carbonyl (C=O) groups excluding carboxylic acids is 1. The summed E-state index contributed by atoms with van der Waals surface area (Å²) in [7, 11) is 3.49. The molecular weight excluding hydrogens is 365 g/mol. The van der Waals surface area contributed by atoms with E-state index < -0.39 is 0 Å². The van der Waals surface area contributed by atoms with E-state index in [1.54, 1.807) is 23.9 Å². The summed E-state index contributed by atoms with van der Waals surface area (Å²) in [6, 6.07) is 4.75. The van der Waals surface area contributed by atoms with Crippen molar-refractivity contribution in [2.75, 3.05) is 20.1 Å². The van der Waals surface area contributed by atoms with Gasteiger partial charge in [-0.3, -0.25) is 14.5 Å². The molecule has 0 saturated carbocycles. The lowest BCUT2D eigenvalue weighted by atomic mass is 10.2. The predicted molar refractivity (Wildman–Crippen MR) is 98.0 cm³/mol. The molecule has 2 rings (SSSR count). The third kappa shape index (κ3) is 5.61. The second kappa shape index (κ2) is 9.24. The van der Waals surface area contributed by atoms with E-state index in [0.717, 1.165) is 5.82 Å². The number of aromatic nitrogens is 3. The van der Waals surface area contributed by atoms with Gasteiger partial charge in [0.05, 0.1) is 16.6 Å². The van der Waals surface area contributed by atoms with Crippen LogP contribution in [0.1, 0.15) is 16.2 Å². The molecule has 0 aliphatic rings. The van der Waals surface area contributed by atoms with E-state index in [9.17, 15) is 4.79 Å². The molecule has 1 heterocycles. The average molecular weight is 384 g/mol. The summed E-state index contributed by atoms with van der Waals surface area (Å²) in [5.41, 5.74) is 0.458. The molecule has 0 aliphatic heterocycles. The zero-order chi connectivity index (χ0) is 18.2. The summed E-state index contributed by atoms with van der Waals surface area (Å²) in [4.78, 5) is 20.3. The van der Waals surface area contributed by atoms with E-state index in [0.29, 0.717) is 41.2 Å². The number of benzene rings is 1. The fraction of sp³-hybridized carbons (Fsp3) is 0.333. The molecule has 8 nitrogen and oxygen atoms in total. The van der Waals surface area contributed by atoms with Crippen molar-refractivity contribution in [2.45, 2.75) is 6.54 Å². The Balaban J connectivity index is 1.72. The first kappa shape index (κ1) is 19.0. The number of hydrogen-bond acceptors (Lipinski definition) is 4. The van der Waals surface area contributed by atoms with E-state index in [2.05, 4.69) is 31.0 Å². The lowest BCUT2D eigenvalue weighted by molar-refractivity contribution is 0.0954. The maximum Gasteiger partial charge on any atom is 0.251 e. The van der Waals surface area contributed by atoms with Crippen LogP contribution in [0.3, 0.4) is 0 Å². The van der Waals surface area contributed by atoms with Crippen molar-refractivity contribution in [1.82, 2.24) is 30.7 Å². The predicted octanol–water partition coefficient (Wildman–Crippen LogP) is 1.22. The Bertz CT molecular complexity index is 760. The Labute approximate surface area is 155 Å². The highest BCUT2D eigenvalue weighted by molar-refractivity contribution is 6.42. The number of hydrogen-bond donors (Lipinski definition) is 3. The molecule has 0 bridgehead atoms. The standard InChI is InChI=1S/C15H19Cl2N7O/c1-18-15(21-8-13-22-9-23-24(13)2)20-6-5-19-14(25)10-3-4-11(16)12(17)7-10/h3-4,7,9H,5-6,8H2,1-2H3,(H,19,25)(H2,18,20,21). The molecule has 10 heteroatoms. The summed E-state index contributed by atoms with van der Waals surface area (Å²) < 4.78 is 1.68. The normalized spacial score (nSPS) is 11.3. The second-order valence-corrected chi connectivity index (χ2v) is 5.85. The average Bonchev–Trinajstić information content (AvgIpc) is 3.01. The van der Waals surface area contributed by atoms with Crippen LogP contribution < -0.4 is 16.0 Å². The number of aliphatic imine (C=N–C) groups is 1. The molecule has 3 N–H and O–H groups in total. The Morgan fingerprint density at radius 1 is 1.20 bits per heavy atom. The molecule has 0 aliphatic carbocycles. The van der Waals surface area contributed by atoms with E-state index in [1.165, 1.54) is 12.4 Å². The first-order valence-corrected chi connectivity index (χ1v) is 8.27. The Morgan fingerprint density at radius 3 is 2.60 bits per heavy atom. The van der Waals surface area contributed by atoms with Gasteiger partial charge in [-0.2, -0.15) is 5.10 Å². The number of halogens is 2. The van der Waals surface area contributed by atoms with Crippen LogP contribution in [-0.4, -0.2) is 46.8 Å². The van der Waals surface area contributed by atoms with Gasteiger partial charge >= 0.3 is 0 Å². The minimum absolute atomic E-state index is 0.220. The highest BCUT2D eigenvalue weighted by atomic mass is 35.5. The van der Waals surface area contributed by atoms with Gasteiger partial charge in [-0.05, 0) is 18.2 Å². The van der Waals surface area contributed by atoms with E-state index in [4.69, 9.17) is 23.2 Å². The molecule has 25 heavy (non-hydrogen) atoms. The van der Waals surface area contributed by atoms with Gasteiger partial charge in [0.1, 0.15) is 12.2 Å². The molecule has 0 radical (unpaired) electrons. The summed E-state index contributed by atoms with van der Waals surface area (Å²) in [6.07, 6.45) is 1.49. The second-order valence-electron chi connectivity index (χ2n) is 5.04. The lowest BCUT2D eigenvalue weighted by Crippen LogP contribution is -2.41. The molecule has 0 atom stereocenters. The largest absolute Gasteiger partial charge is 0.355 e. The Kier molecular flexibility index (Phi) is 7.03. The molecule has 134 valence electrons. The summed E-state index contributed by atoms with van der Waals surface area (Å²) in [5.74, 6) is 1.17. The quantitative estimate of drug-likeness (QED) is 0.395. The third-order valence-corrected chi connectivity index (χ3v) is 4.07. The van der Waals surface area contributed by atoms with Gasteiger partial charge in [0.2, 0.25) is 0 Å². The molecule has 0 spiro atoms. The van der Waals surface area contributed by atoms with E-state index in [1.807, 2.05) is 7.05 Å². The number of rotatable bonds is 6. The van der Waals surface area contributed by atoms with Crippen LogP contribution in [0.2, 0.25) is 10.0 Å². The molecule has 0 unspecified atom stereocenters. The highest BCUT2D eigenvalue weighted by Gasteiger charge is 2.08. The van der Waals surface area contributed by atoms with E-state index in [-0.39, 0.29) is 5.91 Å². The topological polar surface area (TPSA) is 96.2 Å². The van der Waals surface area contributed by atoms with Crippen LogP contribution in [0.5, 0.6) is 0 Å². The van der Waals surface area contributed by atoms with Crippen molar-refractivity contribution in [3.63, 3.8) is 0 Å². The molecule has 1 aromatic carbocycles. The van der Waals surface area contributed by atoms with Gasteiger partial charge in [-0.1, -0.05) is 23.2 Å². The highest BCUT2D eigenvalue weighted by Crippen LogP contribution is 2.22. The van der Waals surface area contributed by atoms with Crippen molar-refractivity contribution < 1.29 is 4.79 Å². The lowest BCUT2D eigenvalue weighted by Gasteiger charge is -2.12. The monoisotopic (exact) mass is 383 g/mol. The molecular formula is C15H19Cl2N7O. The van der Waals surface area contributed by atoms with Crippen molar-refractivity contribution in [1.29, 1.82) is 0 Å². The zero-order valence-corrected chi connectivity index (χ0v) is 15.4. The third-order valence-electron chi connectivity index (χ3n) is 3.33. The fourth-order valence-corrected chi connectivity index (χ4v) is 2.26. The first-order chi connectivity index (χ1) is 12.0. The number of nitrogens with one attached hydrogen (secondary N) is 3. The van der Waals surface area contributed by atoms with Crippen LogP contribution in [0, 0.1) is 0 Å². The minimum atomic E-state index is -0.220. The van der Waals surface area contributed by atoms with Crippen LogP contribution in [0.15, 0.2) is 29.5 Å². The van der Waals surface area contributed by atoms with Crippen LogP contribution in [0.4, 0.5) is 0 Å². The van der Waals surface area contributed by atoms with Crippen LogP contribution in [0.25, 0.3) is 0 Å². The van der Waals surface area contributed by atoms with Gasteiger partial charge in [-0.25, -0.2) is 4.98 Å². The molecule has 1 amide bonds. The fourth-order valence-electron chi connectivity index (χ4n) is 1.96. The van der Waals surface area contributed by atoms with Crippen molar-refractivity contribution in [2.24, 2.45) is 12.0 Å². The number of nitrogens with zero attached hydrogens (tertiary/aromatic N) is 4. The molecule has 0 saturated heterocycles. The SMILES string of the molecule is CN=C(NCCNC(=O)c1ccc(Cl)c(Cl)c1)NCc1ncnn1C. The maximum absolute atomic E-state index is 12.0. The van der Waals surface area contributed by atoms with Crippen molar-refractivity contribution in [3.8, 4) is 0 Å². The summed E-state index contributed by atoms with van der Waals surface area (Å²) >= 11 is 11.7. The maximum atomic E-state index is 12.0. The van der Waals surface area contributed by atoms with Gasteiger partial charge in [0.15, 0.2) is 5.96 Å². The summed E-state index contributed by atoms with van der Waals surface area (Å²) in [6.45, 7) is 1.42. The Hall–Kier alpha value is -2.32.